The van der Waals surface area contributed by atoms with E-state index in [0.717, 1.165) is 0 Å². The minimum absolute atomic E-state index is 0.0563. The lowest BCUT2D eigenvalue weighted by atomic mass is 10.4. The van der Waals surface area contributed by atoms with Gasteiger partial charge in [-0.1, -0.05) is 0 Å². The van der Waals surface area contributed by atoms with Crippen molar-refractivity contribution in [1.29, 1.82) is 0 Å². The molecule has 1 aliphatic rings. The van der Waals surface area contributed by atoms with Crippen molar-refractivity contribution >= 4 is 7.60 Å². The molecular formula is C4H9O4P. The van der Waals surface area contributed by atoms with Gasteiger partial charge in [0.05, 0.1) is 12.7 Å². The second-order valence-electron chi connectivity index (χ2n) is 2.04. The molecule has 0 aromatic rings. The highest BCUT2D eigenvalue weighted by Gasteiger charge is 2.26. The number of rotatable bonds is 0. The molecule has 1 aliphatic heterocycles. The van der Waals surface area contributed by atoms with Crippen LogP contribution < -0.4 is 0 Å². The van der Waals surface area contributed by atoms with Crippen molar-refractivity contribution in [2.24, 2.45) is 0 Å². The van der Waals surface area contributed by atoms with Gasteiger partial charge >= 0.3 is 7.60 Å². The molecular weight excluding hydrogens is 143 g/mol. The maximum Gasteiger partial charge on any atom is 0.353 e. The van der Waals surface area contributed by atoms with Crippen LogP contribution in [-0.4, -0.2) is 24.0 Å². The third-order valence-corrected chi connectivity index (χ3v) is 2.06. The predicted molar refractivity (Wildman–Crippen MR) is 31.2 cm³/mol. The summed E-state index contributed by atoms with van der Waals surface area (Å²) < 4.78 is 20.0. The molecule has 0 spiro atoms. The number of ether oxygens (including phenoxy) is 1. The highest BCUT2D eigenvalue weighted by molar-refractivity contribution is 7.52. The molecule has 0 aromatic carbocycles. The molecule has 1 N–H and O–H groups in total. The van der Waals surface area contributed by atoms with Crippen LogP contribution in [0.4, 0.5) is 0 Å². The zero-order valence-electron chi connectivity index (χ0n) is 5.11. The molecule has 1 saturated heterocycles. The average molecular weight is 152 g/mol. The van der Waals surface area contributed by atoms with E-state index in [-0.39, 0.29) is 19.1 Å². The van der Waals surface area contributed by atoms with Crippen molar-refractivity contribution < 1.29 is 18.7 Å². The highest BCUT2D eigenvalue weighted by atomic mass is 31.2. The van der Waals surface area contributed by atoms with Gasteiger partial charge in [-0.25, -0.2) is 0 Å². The molecule has 0 bridgehead atoms. The van der Waals surface area contributed by atoms with Crippen molar-refractivity contribution in [3.63, 3.8) is 0 Å². The Morgan fingerprint density at radius 3 is 2.78 bits per heavy atom. The Kier molecular flexibility index (Phi) is 1.91. The molecule has 1 fully saturated rings. The topological polar surface area (TPSA) is 55.8 Å². The van der Waals surface area contributed by atoms with Gasteiger partial charge in [0.2, 0.25) is 0 Å². The standard InChI is InChI=1S/C4H9O4P/c1-4-2-8-9(5,6)3-7-4/h4H,2-3H2,1H3,(H,5,6). The molecule has 9 heavy (non-hydrogen) atoms. The third kappa shape index (κ3) is 2.06. The minimum atomic E-state index is -3.35. The van der Waals surface area contributed by atoms with Crippen molar-refractivity contribution in [3.05, 3.63) is 0 Å². The Morgan fingerprint density at radius 1 is 1.78 bits per heavy atom. The van der Waals surface area contributed by atoms with Gasteiger partial charge in [-0.05, 0) is 6.92 Å². The molecule has 0 saturated carbocycles. The predicted octanol–water partition coefficient (Wildman–Crippen LogP) is 0.565. The van der Waals surface area contributed by atoms with Crippen LogP contribution in [0.25, 0.3) is 0 Å². The number of hydrogen-bond donors (Lipinski definition) is 1. The average Bonchev–Trinajstić information content (AvgIpc) is 1.78. The van der Waals surface area contributed by atoms with E-state index in [1.807, 2.05) is 0 Å². The van der Waals surface area contributed by atoms with Gasteiger partial charge in [0, 0.05) is 0 Å². The zero-order valence-corrected chi connectivity index (χ0v) is 6.01. The van der Waals surface area contributed by atoms with Crippen molar-refractivity contribution in [3.8, 4) is 0 Å². The number of hydrogen-bond acceptors (Lipinski definition) is 3. The summed E-state index contributed by atoms with van der Waals surface area (Å²) in [5.41, 5.74) is 0. The van der Waals surface area contributed by atoms with E-state index in [1.54, 1.807) is 6.92 Å². The van der Waals surface area contributed by atoms with Gasteiger partial charge in [0.25, 0.3) is 0 Å². The van der Waals surface area contributed by atoms with Gasteiger partial charge in [-0.15, -0.1) is 0 Å². The summed E-state index contributed by atoms with van der Waals surface area (Å²) in [6.45, 7) is 2.01. The van der Waals surface area contributed by atoms with Gasteiger partial charge in [0.1, 0.15) is 6.35 Å². The van der Waals surface area contributed by atoms with Gasteiger partial charge in [0.15, 0.2) is 0 Å². The summed E-state index contributed by atoms with van der Waals surface area (Å²) in [7, 11) is -3.35. The van der Waals surface area contributed by atoms with Crippen LogP contribution in [0, 0.1) is 0 Å². The smallest absolute Gasteiger partial charge is 0.353 e. The SMILES string of the molecule is CC1COP(=O)(O)CO1. The fraction of sp³-hybridized carbons (Fsp3) is 1.00. The van der Waals surface area contributed by atoms with E-state index in [0.29, 0.717) is 0 Å². The van der Waals surface area contributed by atoms with Gasteiger partial charge in [-0.2, -0.15) is 0 Å². The molecule has 5 heteroatoms. The largest absolute Gasteiger partial charge is 0.363 e. The molecule has 2 atom stereocenters. The molecule has 1 heterocycles. The first-order chi connectivity index (χ1) is 4.10. The molecule has 54 valence electrons. The van der Waals surface area contributed by atoms with E-state index in [1.165, 1.54) is 0 Å². The third-order valence-electron chi connectivity index (χ3n) is 1.03. The van der Waals surface area contributed by atoms with Crippen LogP contribution in [0.1, 0.15) is 6.92 Å². The lowest BCUT2D eigenvalue weighted by molar-refractivity contribution is 0.0120. The molecule has 2 unspecified atom stereocenters. The first-order valence-electron chi connectivity index (χ1n) is 2.68. The monoisotopic (exact) mass is 152 g/mol. The fourth-order valence-electron chi connectivity index (χ4n) is 0.528. The lowest BCUT2D eigenvalue weighted by Gasteiger charge is -2.22. The summed E-state index contributed by atoms with van der Waals surface area (Å²) in [5.74, 6) is 0. The molecule has 4 nitrogen and oxygen atoms in total. The first kappa shape index (κ1) is 7.22. The van der Waals surface area contributed by atoms with E-state index in [9.17, 15) is 4.57 Å². The van der Waals surface area contributed by atoms with E-state index < -0.39 is 7.60 Å². The van der Waals surface area contributed by atoms with Crippen molar-refractivity contribution in [2.45, 2.75) is 13.0 Å². The summed E-state index contributed by atoms with van der Waals surface area (Å²) in [6, 6.07) is 0. The maximum absolute atomic E-state index is 10.6. The Labute approximate surface area is 53.3 Å². The Balaban J connectivity index is 2.44. The molecule has 0 amide bonds. The molecule has 1 rings (SSSR count). The summed E-state index contributed by atoms with van der Waals surface area (Å²) in [4.78, 5) is 8.70. The maximum atomic E-state index is 10.6. The van der Waals surface area contributed by atoms with Gasteiger partial charge in [-0.3, -0.25) is 4.57 Å². The zero-order chi connectivity index (χ0) is 6.91. The van der Waals surface area contributed by atoms with E-state index in [4.69, 9.17) is 9.63 Å². The van der Waals surface area contributed by atoms with E-state index in [2.05, 4.69) is 4.52 Å². The van der Waals surface area contributed by atoms with Gasteiger partial charge < -0.3 is 14.2 Å². The van der Waals surface area contributed by atoms with Crippen molar-refractivity contribution in [2.75, 3.05) is 13.0 Å². The first-order valence-corrected chi connectivity index (χ1v) is 4.44. The normalized spacial score (nSPS) is 44.9. The van der Waals surface area contributed by atoms with Crippen LogP contribution in [0.3, 0.4) is 0 Å². The second kappa shape index (κ2) is 2.39. The fourth-order valence-corrected chi connectivity index (χ4v) is 1.49. The minimum Gasteiger partial charge on any atom is -0.363 e. The highest BCUT2D eigenvalue weighted by Crippen LogP contribution is 2.44. The Morgan fingerprint density at radius 2 is 2.44 bits per heavy atom. The van der Waals surface area contributed by atoms with Crippen LogP contribution in [0.15, 0.2) is 0 Å². The Hall–Kier alpha value is 0.110. The van der Waals surface area contributed by atoms with Crippen LogP contribution >= 0.6 is 7.60 Å². The van der Waals surface area contributed by atoms with Crippen LogP contribution in [-0.2, 0) is 13.8 Å². The van der Waals surface area contributed by atoms with E-state index >= 15 is 0 Å². The van der Waals surface area contributed by atoms with Crippen LogP contribution in [0.2, 0.25) is 0 Å². The molecule has 0 aromatic heterocycles. The summed E-state index contributed by atoms with van der Waals surface area (Å²) >= 11 is 0. The molecule has 0 radical (unpaired) electrons. The molecule has 0 aliphatic carbocycles. The van der Waals surface area contributed by atoms with Crippen LogP contribution in [0.5, 0.6) is 0 Å². The Bertz CT molecular complexity index is 134. The second-order valence-corrected chi connectivity index (χ2v) is 3.83. The summed E-state index contributed by atoms with van der Waals surface area (Å²) in [6.07, 6.45) is -0.229. The summed E-state index contributed by atoms with van der Waals surface area (Å²) in [5, 5.41) is 0. The van der Waals surface area contributed by atoms with Crippen molar-refractivity contribution in [1.82, 2.24) is 0 Å². The lowest BCUT2D eigenvalue weighted by Crippen LogP contribution is -2.22. The quantitative estimate of drug-likeness (QED) is 0.515.